The van der Waals surface area contributed by atoms with Crippen molar-refractivity contribution in [3.63, 3.8) is 0 Å². The SMILES string of the molecule is COC(=O)c1c(N)c(C#N)cn1-c1ccc(F)c(NC(=O)C(C)C)c1. The fraction of sp³-hybridized carbons (Fsp3) is 0.235. The van der Waals surface area contributed by atoms with Crippen molar-refractivity contribution in [3.05, 3.63) is 41.5 Å². The number of methoxy groups -OCH3 is 1. The molecule has 0 aliphatic rings. The number of ether oxygens (including phenoxy) is 1. The van der Waals surface area contributed by atoms with Gasteiger partial charge in [0.25, 0.3) is 0 Å². The van der Waals surface area contributed by atoms with Crippen LogP contribution in [0.15, 0.2) is 24.4 Å². The van der Waals surface area contributed by atoms with Gasteiger partial charge in [0.05, 0.1) is 24.0 Å². The van der Waals surface area contributed by atoms with Gasteiger partial charge in [-0.3, -0.25) is 4.79 Å². The van der Waals surface area contributed by atoms with Crippen molar-refractivity contribution in [3.8, 4) is 11.8 Å². The molecule has 3 N–H and O–H groups in total. The number of hydrogen-bond acceptors (Lipinski definition) is 5. The van der Waals surface area contributed by atoms with E-state index in [0.29, 0.717) is 5.69 Å². The Bertz CT molecular complexity index is 881. The van der Waals surface area contributed by atoms with Crippen molar-refractivity contribution in [2.75, 3.05) is 18.2 Å². The standard InChI is InChI=1S/C17H17FN4O3/c1-9(2)16(23)21-13-6-11(4-5-12(13)18)22-8-10(7-19)14(20)15(22)17(24)25-3/h4-6,8-9H,20H2,1-3H3,(H,21,23). The summed E-state index contributed by atoms with van der Waals surface area (Å²) in [6.07, 6.45) is 1.35. The van der Waals surface area contributed by atoms with E-state index in [4.69, 9.17) is 15.7 Å². The van der Waals surface area contributed by atoms with Crippen LogP contribution >= 0.6 is 0 Å². The van der Waals surface area contributed by atoms with E-state index in [1.165, 1.54) is 30.0 Å². The topological polar surface area (TPSA) is 110 Å². The Labute approximate surface area is 143 Å². The van der Waals surface area contributed by atoms with Gasteiger partial charge < -0.3 is 20.4 Å². The first-order chi connectivity index (χ1) is 11.8. The zero-order valence-corrected chi connectivity index (χ0v) is 14.0. The number of nitrogens with two attached hydrogens (primary N) is 1. The number of aromatic nitrogens is 1. The summed E-state index contributed by atoms with van der Waals surface area (Å²) < 4.78 is 20.0. The molecule has 1 aromatic carbocycles. The van der Waals surface area contributed by atoms with Crippen molar-refractivity contribution in [1.29, 1.82) is 5.26 Å². The minimum atomic E-state index is -0.740. The molecule has 0 spiro atoms. The van der Waals surface area contributed by atoms with Crippen LogP contribution in [0, 0.1) is 23.1 Å². The van der Waals surface area contributed by atoms with E-state index in [0.717, 1.165) is 6.07 Å². The number of rotatable bonds is 4. The highest BCUT2D eigenvalue weighted by atomic mass is 19.1. The maximum Gasteiger partial charge on any atom is 0.357 e. The molecule has 0 saturated carbocycles. The van der Waals surface area contributed by atoms with E-state index in [-0.39, 0.29) is 34.5 Å². The number of carbonyl (C=O) groups is 2. The van der Waals surface area contributed by atoms with Gasteiger partial charge in [0.1, 0.15) is 11.9 Å². The molecule has 2 aromatic rings. The van der Waals surface area contributed by atoms with Crippen molar-refractivity contribution >= 4 is 23.3 Å². The Hall–Kier alpha value is -3.34. The number of amides is 1. The maximum atomic E-state index is 14.0. The number of nitrogens with one attached hydrogen (secondary N) is 1. The van der Waals surface area contributed by atoms with Crippen molar-refractivity contribution in [2.24, 2.45) is 5.92 Å². The zero-order chi connectivity index (χ0) is 18.7. The Morgan fingerprint density at radius 3 is 2.64 bits per heavy atom. The maximum absolute atomic E-state index is 14.0. The molecule has 2 rings (SSSR count). The molecule has 7 nitrogen and oxygen atoms in total. The fourth-order valence-electron chi connectivity index (χ4n) is 2.15. The Balaban J connectivity index is 2.58. The quantitative estimate of drug-likeness (QED) is 0.828. The molecule has 0 atom stereocenters. The Kier molecular flexibility index (Phi) is 5.08. The minimum Gasteiger partial charge on any atom is -0.464 e. The van der Waals surface area contributed by atoms with Crippen LogP contribution in [0.3, 0.4) is 0 Å². The molecule has 1 amide bonds. The first kappa shape index (κ1) is 18.0. The number of hydrogen-bond donors (Lipinski definition) is 2. The lowest BCUT2D eigenvalue weighted by molar-refractivity contribution is -0.118. The number of carbonyl (C=O) groups excluding carboxylic acids is 2. The van der Waals surface area contributed by atoms with Crippen LogP contribution in [0.2, 0.25) is 0 Å². The lowest BCUT2D eigenvalue weighted by Gasteiger charge is -2.13. The molecule has 0 aliphatic heterocycles. The van der Waals surface area contributed by atoms with Crippen molar-refractivity contribution < 1.29 is 18.7 Å². The Morgan fingerprint density at radius 2 is 2.08 bits per heavy atom. The second-order valence-electron chi connectivity index (χ2n) is 5.59. The Morgan fingerprint density at radius 1 is 1.40 bits per heavy atom. The number of nitrogens with zero attached hydrogens (tertiary/aromatic N) is 2. The highest BCUT2D eigenvalue weighted by molar-refractivity contribution is 5.96. The predicted octanol–water partition coefficient (Wildman–Crippen LogP) is 2.45. The summed E-state index contributed by atoms with van der Waals surface area (Å²) in [5.41, 5.74) is 6.12. The van der Waals surface area contributed by atoms with Gasteiger partial charge in [-0.05, 0) is 18.2 Å². The predicted molar refractivity (Wildman–Crippen MR) is 89.7 cm³/mol. The number of nitrogen functional groups attached to an aromatic ring is 1. The molecule has 0 saturated heterocycles. The summed E-state index contributed by atoms with van der Waals surface area (Å²) in [5.74, 6) is -2.05. The van der Waals surface area contributed by atoms with E-state index in [1.54, 1.807) is 13.8 Å². The summed E-state index contributed by atoms with van der Waals surface area (Å²) in [7, 11) is 1.18. The average molecular weight is 344 g/mol. The largest absolute Gasteiger partial charge is 0.464 e. The summed E-state index contributed by atoms with van der Waals surface area (Å²) >= 11 is 0. The highest BCUT2D eigenvalue weighted by Gasteiger charge is 2.22. The smallest absolute Gasteiger partial charge is 0.357 e. The normalized spacial score (nSPS) is 10.4. The average Bonchev–Trinajstić information content (AvgIpc) is 2.92. The third-order valence-electron chi connectivity index (χ3n) is 3.55. The molecule has 0 radical (unpaired) electrons. The highest BCUT2D eigenvalue weighted by Crippen LogP contribution is 2.27. The first-order valence-electron chi connectivity index (χ1n) is 7.40. The number of nitriles is 1. The molecule has 25 heavy (non-hydrogen) atoms. The van der Waals surface area contributed by atoms with Crippen LogP contribution in [0.4, 0.5) is 15.8 Å². The first-order valence-corrected chi connectivity index (χ1v) is 7.40. The molecule has 0 unspecified atom stereocenters. The minimum absolute atomic E-state index is 0.0357. The second kappa shape index (κ2) is 7.05. The van der Waals surface area contributed by atoms with Gasteiger partial charge in [0, 0.05) is 17.8 Å². The summed E-state index contributed by atoms with van der Waals surface area (Å²) in [6.45, 7) is 3.36. The van der Waals surface area contributed by atoms with Gasteiger partial charge in [0.2, 0.25) is 5.91 Å². The third-order valence-corrected chi connectivity index (χ3v) is 3.55. The van der Waals surface area contributed by atoms with Gasteiger partial charge in [-0.1, -0.05) is 13.8 Å². The lowest BCUT2D eigenvalue weighted by Crippen LogP contribution is -2.19. The summed E-state index contributed by atoms with van der Waals surface area (Å²) in [4.78, 5) is 23.8. The molecule has 0 aliphatic carbocycles. The van der Waals surface area contributed by atoms with Gasteiger partial charge in [-0.2, -0.15) is 5.26 Å². The summed E-state index contributed by atoms with van der Waals surface area (Å²) in [6, 6.07) is 5.77. The van der Waals surface area contributed by atoms with Crippen LogP contribution < -0.4 is 11.1 Å². The molecule has 0 bridgehead atoms. The van der Waals surface area contributed by atoms with Crippen molar-refractivity contribution in [2.45, 2.75) is 13.8 Å². The number of anilines is 2. The molecular weight excluding hydrogens is 327 g/mol. The van der Waals surface area contributed by atoms with E-state index < -0.39 is 11.8 Å². The molecule has 1 aromatic heterocycles. The van der Waals surface area contributed by atoms with Gasteiger partial charge in [0.15, 0.2) is 5.69 Å². The fourth-order valence-corrected chi connectivity index (χ4v) is 2.15. The number of halogens is 1. The molecule has 0 fully saturated rings. The van der Waals surface area contributed by atoms with Gasteiger partial charge in [-0.25, -0.2) is 9.18 Å². The number of esters is 1. The molecule has 8 heteroatoms. The van der Waals surface area contributed by atoms with Crippen LogP contribution in [-0.2, 0) is 9.53 Å². The van der Waals surface area contributed by atoms with E-state index in [1.807, 2.05) is 6.07 Å². The molecular formula is C17H17FN4O3. The van der Waals surface area contributed by atoms with Crippen molar-refractivity contribution in [1.82, 2.24) is 4.57 Å². The van der Waals surface area contributed by atoms with E-state index in [9.17, 15) is 14.0 Å². The monoisotopic (exact) mass is 344 g/mol. The van der Waals surface area contributed by atoms with E-state index in [2.05, 4.69) is 5.32 Å². The molecule has 130 valence electrons. The lowest BCUT2D eigenvalue weighted by atomic mass is 10.2. The van der Waals surface area contributed by atoms with Gasteiger partial charge >= 0.3 is 5.97 Å². The summed E-state index contributed by atoms with van der Waals surface area (Å²) in [5, 5.41) is 11.6. The number of benzene rings is 1. The third kappa shape index (κ3) is 3.45. The van der Waals surface area contributed by atoms with Crippen LogP contribution in [-0.4, -0.2) is 23.6 Å². The van der Waals surface area contributed by atoms with Gasteiger partial charge in [-0.15, -0.1) is 0 Å². The van der Waals surface area contributed by atoms with E-state index >= 15 is 0 Å². The van der Waals surface area contributed by atoms with Crippen LogP contribution in [0.25, 0.3) is 5.69 Å². The molecule has 1 heterocycles. The van der Waals surface area contributed by atoms with Crippen LogP contribution in [0.1, 0.15) is 29.9 Å². The zero-order valence-electron chi connectivity index (χ0n) is 14.0. The van der Waals surface area contributed by atoms with Crippen LogP contribution in [0.5, 0.6) is 0 Å². The second-order valence-corrected chi connectivity index (χ2v) is 5.59.